The molecule has 3 heteroatoms. The summed E-state index contributed by atoms with van der Waals surface area (Å²) in [6, 6.07) is 10.6. The van der Waals surface area contributed by atoms with Crippen LogP contribution in [-0.4, -0.2) is 30.6 Å². The first kappa shape index (κ1) is 18.2. The smallest absolute Gasteiger partial charge is 0.307 e. The predicted molar refractivity (Wildman–Crippen MR) is 91.6 cm³/mol. The topological polar surface area (TPSA) is 29.5 Å². The molecule has 0 unspecified atom stereocenters. The number of benzene rings is 1. The number of hydrogen-bond acceptors (Lipinski definition) is 3. The summed E-state index contributed by atoms with van der Waals surface area (Å²) < 4.78 is 4.86. The Morgan fingerprint density at radius 1 is 1.36 bits per heavy atom. The molecule has 0 heterocycles. The third-order valence-electron chi connectivity index (χ3n) is 3.86. The van der Waals surface area contributed by atoms with Crippen molar-refractivity contribution in [2.24, 2.45) is 0 Å². The van der Waals surface area contributed by atoms with Gasteiger partial charge in [-0.05, 0) is 25.8 Å². The van der Waals surface area contributed by atoms with Gasteiger partial charge in [-0.3, -0.25) is 9.69 Å². The second kappa shape index (κ2) is 9.96. The fourth-order valence-corrected chi connectivity index (χ4v) is 2.60. The molecule has 1 aromatic carbocycles. The minimum Gasteiger partial charge on any atom is -0.469 e. The maximum Gasteiger partial charge on any atom is 0.307 e. The number of esters is 1. The van der Waals surface area contributed by atoms with E-state index in [0.717, 1.165) is 13.0 Å². The zero-order valence-electron chi connectivity index (χ0n) is 13.9. The molecular formula is C19H27NO2. The molecule has 22 heavy (non-hydrogen) atoms. The van der Waals surface area contributed by atoms with Gasteiger partial charge in [-0.15, -0.1) is 6.58 Å². The van der Waals surface area contributed by atoms with Crippen LogP contribution in [0.2, 0.25) is 0 Å². The van der Waals surface area contributed by atoms with Crippen molar-refractivity contribution in [1.82, 2.24) is 4.90 Å². The van der Waals surface area contributed by atoms with E-state index in [9.17, 15) is 4.79 Å². The number of nitrogens with zero attached hydrogens (tertiary/aromatic N) is 1. The van der Waals surface area contributed by atoms with E-state index in [-0.39, 0.29) is 18.1 Å². The van der Waals surface area contributed by atoms with Crippen molar-refractivity contribution in [3.8, 4) is 0 Å². The number of carbonyl (C=O) groups excluding carboxylic acids is 1. The molecule has 0 aromatic heterocycles. The fraction of sp³-hybridized carbons (Fsp3) is 0.421. The van der Waals surface area contributed by atoms with E-state index >= 15 is 0 Å². The lowest BCUT2D eigenvalue weighted by molar-refractivity contribution is -0.142. The number of carbonyl (C=O) groups is 1. The second-order valence-electron chi connectivity index (χ2n) is 5.31. The quantitative estimate of drug-likeness (QED) is 0.507. The maximum absolute atomic E-state index is 11.8. The molecule has 0 saturated heterocycles. The number of allylic oxidation sites excluding steroid dienone is 1. The molecular weight excluding hydrogens is 274 g/mol. The van der Waals surface area contributed by atoms with Gasteiger partial charge in [0.25, 0.3) is 0 Å². The number of methoxy groups -OCH3 is 1. The summed E-state index contributed by atoms with van der Waals surface area (Å²) in [6.45, 7) is 8.75. The van der Waals surface area contributed by atoms with Gasteiger partial charge in [0.2, 0.25) is 0 Å². The molecule has 3 nitrogen and oxygen atoms in total. The van der Waals surface area contributed by atoms with Crippen molar-refractivity contribution in [3.63, 3.8) is 0 Å². The molecule has 0 aliphatic rings. The molecule has 0 spiro atoms. The molecule has 0 radical (unpaired) electrons. The van der Waals surface area contributed by atoms with E-state index in [1.54, 1.807) is 0 Å². The van der Waals surface area contributed by atoms with E-state index in [2.05, 4.69) is 36.6 Å². The summed E-state index contributed by atoms with van der Waals surface area (Å²) in [5, 5.41) is 0. The lowest BCUT2D eigenvalue weighted by Crippen LogP contribution is -2.39. The highest BCUT2D eigenvalue weighted by Gasteiger charge is 2.25. The normalized spacial score (nSPS) is 14.0. The van der Waals surface area contributed by atoms with E-state index in [1.165, 1.54) is 12.7 Å². The monoisotopic (exact) mass is 301 g/mol. The summed E-state index contributed by atoms with van der Waals surface area (Å²) >= 11 is 0. The van der Waals surface area contributed by atoms with Crippen LogP contribution in [0.5, 0.6) is 0 Å². The van der Waals surface area contributed by atoms with Crippen molar-refractivity contribution in [2.75, 3.05) is 13.7 Å². The molecule has 0 N–H and O–H groups in total. The van der Waals surface area contributed by atoms with Crippen molar-refractivity contribution < 1.29 is 9.53 Å². The van der Waals surface area contributed by atoms with Crippen LogP contribution in [0.15, 0.2) is 55.1 Å². The van der Waals surface area contributed by atoms with Gasteiger partial charge in [0.15, 0.2) is 0 Å². The van der Waals surface area contributed by atoms with E-state index in [0.29, 0.717) is 6.42 Å². The van der Waals surface area contributed by atoms with Crippen LogP contribution in [0.3, 0.4) is 0 Å². The van der Waals surface area contributed by atoms with Crippen molar-refractivity contribution in [1.29, 1.82) is 0 Å². The third kappa shape index (κ3) is 5.49. The zero-order valence-corrected chi connectivity index (χ0v) is 13.9. The molecule has 0 aliphatic carbocycles. The Hall–Kier alpha value is -1.87. The first-order valence-corrected chi connectivity index (χ1v) is 7.73. The highest BCUT2D eigenvalue weighted by atomic mass is 16.5. The van der Waals surface area contributed by atoms with Crippen LogP contribution in [0.1, 0.15) is 38.3 Å². The fourth-order valence-electron chi connectivity index (χ4n) is 2.60. The SMILES string of the molecule is C=CCN([C@H](C/C=C/C)CC(=O)OC)[C@@H](C)c1ccccc1. The van der Waals surface area contributed by atoms with Gasteiger partial charge in [0.1, 0.15) is 0 Å². The van der Waals surface area contributed by atoms with Gasteiger partial charge < -0.3 is 4.74 Å². The molecule has 0 saturated carbocycles. The minimum atomic E-state index is -0.177. The predicted octanol–water partition coefficient (Wildman–Crippen LogP) is 4.13. The van der Waals surface area contributed by atoms with E-state index in [1.807, 2.05) is 37.3 Å². The van der Waals surface area contributed by atoms with Gasteiger partial charge in [0.05, 0.1) is 13.5 Å². The van der Waals surface area contributed by atoms with Crippen molar-refractivity contribution in [2.45, 2.75) is 38.8 Å². The van der Waals surface area contributed by atoms with Crippen LogP contribution in [0.25, 0.3) is 0 Å². The molecule has 1 rings (SSSR count). The largest absolute Gasteiger partial charge is 0.469 e. The average Bonchev–Trinajstić information content (AvgIpc) is 2.56. The summed E-state index contributed by atoms with van der Waals surface area (Å²) in [7, 11) is 1.44. The zero-order chi connectivity index (χ0) is 16.4. The highest BCUT2D eigenvalue weighted by molar-refractivity contribution is 5.70. The summed E-state index contributed by atoms with van der Waals surface area (Å²) in [6.07, 6.45) is 7.20. The third-order valence-corrected chi connectivity index (χ3v) is 3.86. The number of hydrogen-bond donors (Lipinski definition) is 0. The van der Waals surface area contributed by atoms with E-state index in [4.69, 9.17) is 4.74 Å². The highest BCUT2D eigenvalue weighted by Crippen LogP contribution is 2.25. The van der Waals surface area contributed by atoms with Crippen molar-refractivity contribution >= 4 is 5.97 Å². The molecule has 0 aliphatic heterocycles. The molecule has 1 aromatic rings. The van der Waals surface area contributed by atoms with Crippen LogP contribution < -0.4 is 0 Å². The molecule has 0 fully saturated rings. The Kier molecular flexibility index (Phi) is 8.23. The second-order valence-corrected chi connectivity index (χ2v) is 5.31. The summed E-state index contributed by atoms with van der Waals surface area (Å²) in [5.41, 5.74) is 1.24. The standard InChI is InChI=1S/C19H27NO2/c1-5-7-13-18(15-19(21)22-4)20(14-6-2)16(3)17-11-9-8-10-12-17/h5-12,16,18H,2,13-15H2,1,3-4H3/b7-5+/t16-,18+/m0/s1. The average molecular weight is 301 g/mol. The Labute approximate surface area is 134 Å². The Morgan fingerprint density at radius 2 is 2.05 bits per heavy atom. The Bertz CT molecular complexity index is 481. The Morgan fingerprint density at radius 3 is 2.59 bits per heavy atom. The minimum absolute atomic E-state index is 0.0943. The first-order valence-electron chi connectivity index (χ1n) is 7.73. The van der Waals surface area contributed by atoms with Gasteiger partial charge >= 0.3 is 5.97 Å². The van der Waals surface area contributed by atoms with Crippen LogP contribution in [-0.2, 0) is 9.53 Å². The van der Waals surface area contributed by atoms with Gasteiger partial charge in [-0.1, -0.05) is 48.6 Å². The Balaban J connectivity index is 2.99. The van der Waals surface area contributed by atoms with Gasteiger partial charge in [-0.25, -0.2) is 0 Å². The number of rotatable bonds is 9. The summed E-state index contributed by atoms with van der Waals surface area (Å²) in [4.78, 5) is 14.1. The maximum atomic E-state index is 11.8. The molecule has 0 amide bonds. The summed E-state index contributed by atoms with van der Waals surface area (Å²) in [5.74, 6) is -0.177. The van der Waals surface area contributed by atoms with Gasteiger partial charge in [0, 0.05) is 18.6 Å². The van der Waals surface area contributed by atoms with Gasteiger partial charge in [-0.2, -0.15) is 0 Å². The van der Waals surface area contributed by atoms with E-state index < -0.39 is 0 Å². The molecule has 0 bridgehead atoms. The first-order chi connectivity index (χ1) is 10.6. The number of ether oxygens (including phenoxy) is 1. The molecule has 2 atom stereocenters. The molecule has 120 valence electrons. The van der Waals surface area contributed by atoms with Crippen LogP contribution in [0.4, 0.5) is 0 Å². The lowest BCUT2D eigenvalue weighted by atomic mass is 10.0. The van der Waals surface area contributed by atoms with Crippen molar-refractivity contribution in [3.05, 3.63) is 60.7 Å². The van der Waals surface area contributed by atoms with Crippen LogP contribution >= 0.6 is 0 Å². The van der Waals surface area contributed by atoms with Crippen LogP contribution in [0, 0.1) is 0 Å². The lowest BCUT2D eigenvalue weighted by Gasteiger charge is -2.35.